The fourth-order valence-electron chi connectivity index (χ4n) is 3.41. The molecule has 0 fully saturated rings. The maximum atomic E-state index is 6.08. The van der Waals surface area contributed by atoms with Crippen molar-refractivity contribution in [2.75, 3.05) is 25.0 Å². The molecule has 0 unspecified atom stereocenters. The van der Waals surface area contributed by atoms with Gasteiger partial charge in [-0.1, -0.05) is 44.5 Å². The summed E-state index contributed by atoms with van der Waals surface area (Å²) in [5, 5.41) is 9.02. The summed E-state index contributed by atoms with van der Waals surface area (Å²) in [5.41, 5.74) is 5.32. The summed E-state index contributed by atoms with van der Waals surface area (Å²) >= 11 is 6.08. The van der Waals surface area contributed by atoms with E-state index < -0.39 is 0 Å². The lowest BCUT2D eigenvalue weighted by Crippen LogP contribution is -2.20. The molecule has 0 saturated heterocycles. The topological polar surface area (TPSA) is 37.0 Å². The van der Waals surface area contributed by atoms with E-state index in [1.165, 1.54) is 24.0 Å². The number of aromatic nitrogens is 1. The van der Waals surface area contributed by atoms with Crippen molar-refractivity contribution < 1.29 is 0 Å². The fraction of sp³-hybridized carbons (Fsp3) is 0.435. The highest BCUT2D eigenvalue weighted by atomic mass is 35.5. The van der Waals surface area contributed by atoms with E-state index in [1.54, 1.807) is 0 Å². The van der Waals surface area contributed by atoms with Crippen LogP contribution < -0.4 is 10.6 Å². The Morgan fingerprint density at radius 1 is 1.15 bits per heavy atom. The van der Waals surface area contributed by atoms with Crippen LogP contribution in [0.4, 0.5) is 5.69 Å². The van der Waals surface area contributed by atoms with Gasteiger partial charge in [0, 0.05) is 35.4 Å². The van der Waals surface area contributed by atoms with Gasteiger partial charge in [0.05, 0.1) is 5.52 Å². The van der Waals surface area contributed by atoms with Crippen molar-refractivity contribution in [3.8, 4) is 0 Å². The number of rotatable bonds is 8. The number of benzene rings is 1. The highest BCUT2D eigenvalue weighted by molar-refractivity contribution is 6.31. The Balaban J connectivity index is 1.56. The zero-order valence-corrected chi connectivity index (χ0v) is 17.4. The average molecular weight is 384 g/mol. The van der Waals surface area contributed by atoms with Gasteiger partial charge >= 0.3 is 0 Å². The SMILES string of the molecule is CC(C)(C)CCCNCC1=C(CNc2ccnc3cc(Cl)ccc23)CC=C1. The molecule has 0 atom stereocenters. The summed E-state index contributed by atoms with van der Waals surface area (Å²) in [6, 6.07) is 7.89. The lowest BCUT2D eigenvalue weighted by Gasteiger charge is -2.18. The lowest BCUT2D eigenvalue weighted by molar-refractivity contribution is 0.362. The average Bonchev–Trinajstić information content (AvgIpc) is 3.05. The Hall–Kier alpha value is -1.84. The smallest absolute Gasteiger partial charge is 0.0737 e. The number of nitrogens with zero attached hydrogens (tertiary/aromatic N) is 1. The van der Waals surface area contributed by atoms with Gasteiger partial charge in [0.25, 0.3) is 0 Å². The molecule has 2 N–H and O–H groups in total. The number of nitrogens with one attached hydrogen (secondary N) is 2. The number of halogens is 1. The van der Waals surface area contributed by atoms with Gasteiger partial charge in [0.2, 0.25) is 0 Å². The van der Waals surface area contributed by atoms with Crippen molar-refractivity contribution in [3.05, 3.63) is 58.8 Å². The first-order valence-electron chi connectivity index (χ1n) is 9.79. The van der Waals surface area contributed by atoms with E-state index in [4.69, 9.17) is 11.6 Å². The second-order valence-corrected chi connectivity index (χ2v) is 8.89. The van der Waals surface area contributed by atoms with Crippen molar-refractivity contribution >= 4 is 28.2 Å². The van der Waals surface area contributed by atoms with Crippen LogP contribution in [0.3, 0.4) is 0 Å². The van der Waals surface area contributed by atoms with Gasteiger partial charge in [-0.25, -0.2) is 0 Å². The quantitative estimate of drug-likeness (QED) is 0.551. The molecule has 1 aromatic heterocycles. The van der Waals surface area contributed by atoms with Crippen LogP contribution in [0.1, 0.15) is 40.0 Å². The van der Waals surface area contributed by atoms with Crippen LogP contribution in [0.5, 0.6) is 0 Å². The van der Waals surface area contributed by atoms with E-state index in [2.05, 4.69) is 48.5 Å². The van der Waals surface area contributed by atoms with Crippen molar-refractivity contribution in [3.63, 3.8) is 0 Å². The normalized spacial score (nSPS) is 14.4. The van der Waals surface area contributed by atoms with Gasteiger partial charge in [-0.2, -0.15) is 0 Å². The maximum absolute atomic E-state index is 6.08. The number of allylic oxidation sites excluding steroid dienone is 1. The van der Waals surface area contributed by atoms with Crippen LogP contribution in [0.25, 0.3) is 10.9 Å². The van der Waals surface area contributed by atoms with Crippen molar-refractivity contribution in [2.24, 2.45) is 5.41 Å². The van der Waals surface area contributed by atoms with E-state index in [9.17, 15) is 0 Å². The zero-order valence-electron chi connectivity index (χ0n) is 16.6. The van der Waals surface area contributed by atoms with Gasteiger partial charge in [0.1, 0.15) is 0 Å². The van der Waals surface area contributed by atoms with E-state index >= 15 is 0 Å². The Bertz CT molecular complexity index is 846. The van der Waals surface area contributed by atoms with E-state index in [-0.39, 0.29) is 0 Å². The molecule has 3 rings (SSSR count). The Morgan fingerprint density at radius 3 is 2.81 bits per heavy atom. The highest BCUT2D eigenvalue weighted by Gasteiger charge is 2.11. The molecular formula is C23H30ClN3. The van der Waals surface area contributed by atoms with Crippen LogP contribution in [0.2, 0.25) is 5.02 Å². The first-order valence-corrected chi connectivity index (χ1v) is 10.2. The molecule has 27 heavy (non-hydrogen) atoms. The van der Waals surface area contributed by atoms with Crippen LogP contribution in [-0.2, 0) is 0 Å². The van der Waals surface area contributed by atoms with E-state index in [0.717, 1.165) is 47.7 Å². The summed E-state index contributed by atoms with van der Waals surface area (Å²) in [5.74, 6) is 0. The number of fused-ring (bicyclic) bond motifs is 1. The second-order valence-electron chi connectivity index (χ2n) is 8.45. The second kappa shape index (κ2) is 8.90. The monoisotopic (exact) mass is 383 g/mol. The standard InChI is InChI=1S/C23H30ClN3/c1-23(2,3)11-5-12-25-15-17-6-4-7-18(17)16-27-21-10-13-26-22-14-19(24)8-9-20(21)22/h4,6,8-10,13-14,25H,5,7,11-12,15-16H2,1-3H3,(H,26,27). The summed E-state index contributed by atoms with van der Waals surface area (Å²) in [7, 11) is 0. The maximum Gasteiger partial charge on any atom is 0.0737 e. The first-order chi connectivity index (χ1) is 12.9. The fourth-order valence-corrected chi connectivity index (χ4v) is 3.57. The van der Waals surface area contributed by atoms with Crippen LogP contribution in [-0.4, -0.2) is 24.6 Å². The predicted molar refractivity (Wildman–Crippen MR) is 118 cm³/mol. The summed E-state index contributed by atoms with van der Waals surface area (Å²) in [6.07, 6.45) is 9.86. The molecule has 0 aliphatic heterocycles. The summed E-state index contributed by atoms with van der Waals surface area (Å²) in [4.78, 5) is 4.41. The molecule has 2 aromatic rings. The van der Waals surface area contributed by atoms with E-state index in [0.29, 0.717) is 5.41 Å². The largest absolute Gasteiger partial charge is 0.381 e. The lowest BCUT2D eigenvalue weighted by atomic mass is 9.91. The molecule has 0 saturated carbocycles. The molecule has 144 valence electrons. The van der Waals surface area contributed by atoms with E-state index in [1.807, 2.05) is 30.5 Å². The van der Waals surface area contributed by atoms with Crippen molar-refractivity contribution in [1.82, 2.24) is 10.3 Å². The third-order valence-electron chi connectivity index (χ3n) is 4.93. The molecule has 0 bridgehead atoms. The van der Waals surface area contributed by atoms with Gasteiger partial charge < -0.3 is 10.6 Å². The molecule has 1 aliphatic rings. The number of anilines is 1. The van der Waals surface area contributed by atoms with Crippen LogP contribution >= 0.6 is 11.6 Å². The Labute approximate surface area is 167 Å². The number of hydrogen-bond acceptors (Lipinski definition) is 3. The molecule has 0 amide bonds. The Kier molecular flexibility index (Phi) is 6.56. The third-order valence-corrected chi connectivity index (χ3v) is 5.17. The minimum absolute atomic E-state index is 0.417. The minimum Gasteiger partial charge on any atom is -0.381 e. The van der Waals surface area contributed by atoms with Crippen molar-refractivity contribution in [2.45, 2.75) is 40.0 Å². The highest BCUT2D eigenvalue weighted by Crippen LogP contribution is 2.26. The minimum atomic E-state index is 0.417. The van der Waals surface area contributed by atoms with Gasteiger partial charge in [-0.3, -0.25) is 4.98 Å². The summed E-state index contributed by atoms with van der Waals surface area (Å²) < 4.78 is 0. The Morgan fingerprint density at radius 2 is 2.00 bits per heavy atom. The molecule has 1 aliphatic carbocycles. The van der Waals surface area contributed by atoms with Crippen LogP contribution in [0.15, 0.2) is 53.8 Å². The van der Waals surface area contributed by atoms with Gasteiger partial charge in [-0.15, -0.1) is 0 Å². The molecule has 1 heterocycles. The molecule has 0 radical (unpaired) electrons. The zero-order chi connectivity index (χ0) is 19.3. The molecule has 3 nitrogen and oxygen atoms in total. The summed E-state index contributed by atoms with van der Waals surface area (Å²) in [6.45, 7) is 9.78. The van der Waals surface area contributed by atoms with Gasteiger partial charge in [0.15, 0.2) is 0 Å². The third kappa shape index (κ3) is 5.82. The molecule has 1 aromatic carbocycles. The molecule has 0 spiro atoms. The van der Waals surface area contributed by atoms with Crippen molar-refractivity contribution in [1.29, 1.82) is 0 Å². The number of hydrogen-bond donors (Lipinski definition) is 2. The predicted octanol–water partition coefficient (Wildman–Crippen LogP) is 5.97. The number of pyridine rings is 1. The van der Waals surface area contributed by atoms with Crippen LogP contribution in [0, 0.1) is 5.41 Å². The molecule has 4 heteroatoms. The first kappa shape index (κ1) is 19.9. The molecular weight excluding hydrogens is 354 g/mol. The van der Waals surface area contributed by atoms with Gasteiger partial charge in [-0.05, 0) is 66.6 Å².